The lowest BCUT2D eigenvalue weighted by molar-refractivity contribution is 0.0783. The molecule has 90 valence electrons. The van der Waals surface area contributed by atoms with E-state index in [0.29, 0.717) is 5.69 Å². The molecule has 1 heterocycles. The SMILES string of the molecule is CN(CCCCCN)C(=O)c1cncn1C. The number of aryl methyl sites for hydroxylation is 1. The Kier molecular flexibility index (Phi) is 4.98. The quantitative estimate of drug-likeness (QED) is 0.720. The molecule has 0 atom stereocenters. The topological polar surface area (TPSA) is 64.2 Å². The van der Waals surface area contributed by atoms with Crippen LogP contribution in [0.25, 0.3) is 0 Å². The minimum Gasteiger partial charge on any atom is -0.340 e. The van der Waals surface area contributed by atoms with Gasteiger partial charge in [0.15, 0.2) is 0 Å². The second kappa shape index (κ2) is 6.27. The van der Waals surface area contributed by atoms with Crippen molar-refractivity contribution in [2.45, 2.75) is 19.3 Å². The standard InChI is InChI=1S/C11H20N4O/c1-14(7-5-3-4-6-12)11(16)10-8-13-9-15(10)2/h8-9H,3-7,12H2,1-2H3. The molecule has 0 bridgehead atoms. The highest BCUT2D eigenvalue weighted by molar-refractivity contribution is 5.92. The summed E-state index contributed by atoms with van der Waals surface area (Å²) >= 11 is 0. The molecule has 0 saturated heterocycles. The van der Waals surface area contributed by atoms with Crippen LogP contribution in [0.2, 0.25) is 0 Å². The zero-order chi connectivity index (χ0) is 12.0. The number of carbonyl (C=O) groups is 1. The highest BCUT2D eigenvalue weighted by atomic mass is 16.2. The van der Waals surface area contributed by atoms with E-state index < -0.39 is 0 Å². The molecule has 0 saturated carbocycles. The molecular formula is C11H20N4O. The number of amides is 1. The maximum atomic E-state index is 11.9. The molecule has 0 aliphatic carbocycles. The summed E-state index contributed by atoms with van der Waals surface area (Å²) < 4.78 is 1.73. The lowest BCUT2D eigenvalue weighted by atomic mass is 10.2. The van der Waals surface area contributed by atoms with E-state index in [1.54, 1.807) is 22.0 Å². The van der Waals surface area contributed by atoms with Crippen LogP contribution in [0.15, 0.2) is 12.5 Å². The first-order chi connectivity index (χ1) is 7.66. The molecule has 1 aromatic rings. The van der Waals surface area contributed by atoms with Crippen LogP contribution < -0.4 is 5.73 Å². The predicted molar refractivity (Wildman–Crippen MR) is 63.1 cm³/mol. The van der Waals surface area contributed by atoms with Gasteiger partial charge in [0.05, 0.1) is 12.5 Å². The maximum Gasteiger partial charge on any atom is 0.271 e. The number of aromatic nitrogens is 2. The van der Waals surface area contributed by atoms with Crippen LogP contribution in [0.5, 0.6) is 0 Å². The fourth-order valence-corrected chi connectivity index (χ4v) is 1.53. The number of imidazole rings is 1. The molecule has 0 aromatic carbocycles. The lowest BCUT2D eigenvalue weighted by Crippen LogP contribution is -2.29. The summed E-state index contributed by atoms with van der Waals surface area (Å²) in [6.07, 6.45) is 6.32. The average molecular weight is 224 g/mol. The maximum absolute atomic E-state index is 11.9. The number of nitrogens with two attached hydrogens (primary N) is 1. The Balaban J connectivity index is 2.40. The van der Waals surface area contributed by atoms with Crippen LogP contribution in [0.1, 0.15) is 29.8 Å². The molecule has 1 aromatic heterocycles. The van der Waals surface area contributed by atoms with Gasteiger partial charge in [0.25, 0.3) is 5.91 Å². The van der Waals surface area contributed by atoms with Crippen molar-refractivity contribution in [1.29, 1.82) is 0 Å². The van der Waals surface area contributed by atoms with E-state index in [4.69, 9.17) is 5.73 Å². The first kappa shape index (κ1) is 12.7. The highest BCUT2D eigenvalue weighted by Crippen LogP contribution is 2.03. The van der Waals surface area contributed by atoms with E-state index in [2.05, 4.69) is 4.98 Å². The van der Waals surface area contributed by atoms with E-state index >= 15 is 0 Å². The molecule has 1 amide bonds. The van der Waals surface area contributed by atoms with Crippen LogP contribution in [0.3, 0.4) is 0 Å². The van der Waals surface area contributed by atoms with Crippen LogP contribution in [0, 0.1) is 0 Å². The third kappa shape index (κ3) is 3.34. The minimum absolute atomic E-state index is 0.0211. The van der Waals surface area contributed by atoms with Crippen LogP contribution in [-0.4, -0.2) is 40.5 Å². The Morgan fingerprint density at radius 1 is 1.50 bits per heavy atom. The van der Waals surface area contributed by atoms with E-state index in [9.17, 15) is 4.79 Å². The Morgan fingerprint density at radius 3 is 2.81 bits per heavy atom. The average Bonchev–Trinajstić information content (AvgIpc) is 2.69. The van der Waals surface area contributed by atoms with Gasteiger partial charge in [0, 0.05) is 20.6 Å². The van der Waals surface area contributed by atoms with Crippen molar-refractivity contribution in [3.8, 4) is 0 Å². The third-order valence-electron chi connectivity index (χ3n) is 2.58. The number of hydrogen-bond acceptors (Lipinski definition) is 3. The molecule has 0 spiro atoms. The number of rotatable bonds is 6. The summed E-state index contributed by atoms with van der Waals surface area (Å²) in [6.45, 7) is 1.49. The summed E-state index contributed by atoms with van der Waals surface area (Å²) in [6, 6.07) is 0. The monoisotopic (exact) mass is 224 g/mol. The van der Waals surface area contributed by atoms with Crippen molar-refractivity contribution in [2.75, 3.05) is 20.1 Å². The summed E-state index contributed by atoms with van der Waals surface area (Å²) in [5.74, 6) is 0.0211. The van der Waals surface area contributed by atoms with Crippen molar-refractivity contribution in [3.05, 3.63) is 18.2 Å². The normalized spacial score (nSPS) is 10.4. The van der Waals surface area contributed by atoms with Crippen LogP contribution in [0.4, 0.5) is 0 Å². The second-order valence-corrected chi connectivity index (χ2v) is 3.97. The van der Waals surface area contributed by atoms with Crippen LogP contribution >= 0.6 is 0 Å². The van der Waals surface area contributed by atoms with Crippen molar-refractivity contribution < 1.29 is 4.79 Å². The molecule has 5 nitrogen and oxygen atoms in total. The minimum atomic E-state index is 0.0211. The largest absolute Gasteiger partial charge is 0.340 e. The molecule has 1 rings (SSSR count). The van der Waals surface area contributed by atoms with E-state index in [1.807, 2.05) is 14.1 Å². The van der Waals surface area contributed by atoms with Crippen molar-refractivity contribution in [2.24, 2.45) is 12.8 Å². The fourth-order valence-electron chi connectivity index (χ4n) is 1.53. The molecular weight excluding hydrogens is 204 g/mol. The van der Waals surface area contributed by atoms with Gasteiger partial charge in [0.2, 0.25) is 0 Å². The van der Waals surface area contributed by atoms with Crippen LogP contribution in [-0.2, 0) is 7.05 Å². The smallest absolute Gasteiger partial charge is 0.271 e. The molecule has 0 aliphatic heterocycles. The zero-order valence-electron chi connectivity index (χ0n) is 10.0. The van der Waals surface area contributed by atoms with Gasteiger partial charge in [-0.15, -0.1) is 0 Å². The van der Waals surface area contributed by atoms with Gasteiger partial charge in [-0.05, 0) is 19.4 Å². The number of hydrogen-bond donors (Lipinski definition) is 1. The van der Waals surface area contributed by atoms with Gasteiger partial charge in [-0.1, -0.05) is 6.42 Å². The molecule has 0 unspecified atom stereocenters. The molecule has 16 heavy (non-hydrogen) atoms. The van der Waals surface area contributed by atoms with Gasteiger partial charge >= 0.3 is 0 Å². The van der Waals surface area contributed by atoms with E-state index in [1.165, 1.54) is 0 Å². The van der Waals surface area contributed by atoms with Gasteiger partial charge in [-0.25, -0.2) is 4.98 Å². The Labute approximate surface area is 96.3 Å². The van der Waals surface area contributed by atoms with Gasteiger partial charge in [-0.3, -0.25) is 4.79 Å². The Morgan fingerprint density at radius 2 is 2.25 bits per heavy atom. The van der Waals surface area contributed by atoms with Crippen molar-refractivity contribution in [3.63, 3.8) is 0 Å². The second-order valence-electron chi connectivity index (χ2n) is 3.97. The summed E-state index contributed by atoms with van der Waals surface area (Å²) in [7, 11) is 3.64. The summed E-state index contributed by atoms with van der Waals surface area (Å²) in [5.41, 5.74) is 6.04. The van der Waals surface area contributed by atoms with Crippen molar-refractivity contribution in [1.82, 2.24) is 14.5 Å². The van der Waals surface area contributed by atoms with E-state index in [0.717, 1.165) is 32.4 Å². The molecule has 0 radical (unpaired) electrons. The Bertz CT molecular complexity index is 334. The highest BCUT2D eigenvalue weighted by Gasteiger charge is 2.14. The lowest BCUT2D eigenvalue weighted by Gasteiger charge is -2.16. The summed E-state index contributed by atoms with van der Waals surface area (Å²) in [4.78, 5) is 17.6. The van der Waals surface area contributed by atoms with Gasteiger partial charge in [-0.2, -0.15) is 0 Å². The first-order valence-electron chi connectivity index (χ1n) is 5.58. The first-order valence-corrected chi connectivity index (χ1v) is 5.58. The third-order valence-corrected chi connectivity index (χ3v) is 2.58. The van der Waals surface area contributed by atoms with Gasteiger partial charge in [0.1, 0.15) is 5.69 Å². The molecule has 0 aliphatic rings. The Hall–Kier alpha value is -1.36. The number of nitrogens with zero attached hydrogens (tertiary/aromatic N) is 3. The molecule has 2 N–H and O–H groups in total. The zero-order valence-corrected chi connectivity index (χ0v) is 10.0. The van der Waals surface area contributed by atoms with E-state index in [-0.39, 0.29) is 5.91 Å². The summed E-state index contributed by atoms with van der Waals surface area (Å²) in [5, 5.41) is 0. The molecule has 5 heteroatoms. The number of carbonyl (C=O) groups excluding carboxylic acids is 1. The predicted octanol–water partition coefficient (Wildman–Crippen LogP) is 0.621. The fraction of sp³-hybridized carbons (Fsp3) is 0.636. The van der Waals surface area contributed by atoms with Gasteiger partial charge < -0.3 is 15.2 Å². The molecule has 0 fully saturated rings. The number of unbranched alkanes of at least 4 members (excludes halogenated alkanes) is 2. The van der Waals surface area contributed by atoms with Crippen molar-refractivity contribution >= 4 is 5.91 Å².